The van der Waals surface area contributed by atoms with Crippen molar-refractivity contribution >= 4 is 19.7 Å². The van der Waals surface area contributed by atoms with E-state index >= 15 is 0 Å². The van der Waals surface area contributed by atoms with Gasteiger partial charge in [0.05, 0.1) is 8.07 Å². The summed E-state index contributed by atoms with van der Waals surface area (Å²) in [5, 5.41) is 0. The lowest BCUT2D eigenvalue weighted by Gasteiger charge is -2.17. The number of hydrogen-bond acceptors (Lipinski definition) is 1. The van der Waals surface area contributed by atoms with Gasteiger partial charge in [-0.25, -0.2) is 0 Å². The third kappa shape index (κ3) is 4.94. The van der Waals surface area contributed by atoms with Gasteiger partial charge in [0.25, 0.3) is 0 Å². The van der Waals surface area contributed by atoms with Crippen LogP contribution in [0.1, 0.15) is 0 Å². The summed E-state index contributed by atoms with van der Waals surface area (Å²) in [6, 6.07) is 1.17. The van der Waals surface area contributed by atoms with Crippen molar-refractivity contribution in [2.24, 2.45) is 0 Å². The molecule has 0 aliphatic carbocycles. The molecule has 0 spiro atoms. The summed E-state index contributed by atoms with van der Waals surface area (Å²) in [6.07, 6.45) is 0. The summed E-state index contributed by atoms with van der Waals surface area (Å²) in [5.74, 6) is 0. The molecule has 0 unspecified atom stereocenters. The van der Waals surface area contributed by atoms with Crippen LogP contribution in [0.4, 0.5) is 0 Å². The fourth-order valence-electron chi connectivity index (χ4n) is 0.445. The lowest BCUT2D eigenvalue weighted by molar-refractivity contribution is 0.214. The molecule has 0 rings (SSSR count). The molecule has 0 amide bonds. The summed E-state index contributed by atoms with van der Waals surface area (Å²) >= 11 is 5.74. The number of rotatable bonds is 4. The summed E-state index contributed by atoms with van der Waals surface area (Å²) in [6.45, 7) is 5.42. The Labute approximate surface area is 63.4 Å². The molecule has 1 nitrogen and oxygen atoms in total. The minimum absolute atomic E-state index is 0.844. The first kappa shape index (κ1) is 9.47. The quantitative estimate of drug-likeness (QED) is 0.459. The maximum absolute atomic E-state index is 5.74. The first-order chi connectivity index (χ1) is 4.12. The van der Waals surface area contributed by atoms with Crippen LogP contribution in [0.15, 0.2) is 0 Å². The minimum Gasteiger partial charge on any atom is -0.385 e. The van der Waals surface area contributed by atoms with Gasteiger partial charge in [-0.3, -0.25) is 0 Å². The maximum Gasteiger partial charge on any atom is 0.0662 e. The number of halogens is 1. The van der Waals surface area contributed by atoms with E-state index in [0.29, 0.717) is 0 Å². The van der Waals surface area contributed by atoms with Crippen molar-refractivity contribution in [3.8, 4) is 0 Å². The van der Waals surface area contributed by atoms with Gasteiger partial charge in [0.1, 0.15) is 0 Å². The van der Waals surface area contributed by atoms with Crippen LogP contribution in [-0.2, 0) is 4.74 Å². The monoisotopic (exact) mass is 166 g/mol. The first-order valence-electron chi connectivity index (χ1n) is 3.17. The van der Waals surface area contributed by atoms with E-state index in [1.54, 1.807) is 7.11 Å². The highest BCUT2D eigenvalue weighted by Gasteiger charge is 2.17. The van der Waals surface area contributed by atoms with Crippen molar-refractivity contribution in [2.75, 3.05) is 19.2 Å². The van der Waals surface area contributed by atoms with Crippen LogP contribution < -0.4 is 0 Å². The van der Waals surface area contributed by atoms with E-state index in [1.807, 2.05) is 0 Å². The van der Waals surface area contributed by atoms with Gasteiger partial charge in [0, 0.05) is 19.2 Å². The minimum atomic E-state index is -1.06. The number of hydrogen-bond donors (Lipinski definition) is 0. The molecular weight excluding hydrogens is 152 g/mol. The molecule has 0 bridgehead atoms. The van der Waals surface area contributed by atoms with Crippen LogP contribution in [0.25, 0.3) is 0 Å². The van der Waals surface area contributed by atoms with Gasteiger partial charge in [-0.05, 0) is 6.04 Å². The molecule has 0 aromatic carbocycles. The lowest BCUT2D eigenvalue weighted by Crippen LogP contribution is -2.29. The normalized spacial score (nSPS) is 12.0. The van der Waals surface area contributed by atoms with Crippen LogP contribution >= 0.6 is 11.6 Å². The van der Waals surface area contributed by atoms with Gasteiger partial charge in [0.15, 0.2) is 0 Å². The van der Waals surface area contributed by atoms with Crippen LogP contribution in [-0.4, -0.2) is 27.3 Å². The fourth-order valence-corrected chi connectivity index (χ4v) is 1.74. The molecule has 0 aliphatic heterocycles. The van der Waals surface area contributed by atoms with E-state index in [4.69, 9.17) is 16.3 Å². The Bertz CT molecular complexity index is 75.5. The Morgan fingerprint density at radius 3 is 2.33 bits per heavy atom. The maximum atomic E-state index is 5.74. The molecule has 0 aliphatic rings. The molecule has 0 aromatic rings. The molecule has 0 saturated carbocycles. The van der Waals surface area contributed by atoms with E-state index in [1.165, 1.54) is 6.04 Å². The van der Waals surface area contributed by atoms with Crippen molar-refractivity contribution < 1.29 is 4.74 Å². The summed E-state index contributed by atoms with van der Waals surface area (Å²) in [7, 11) is 0.677. The number of alkyl halides is 1. The second-order valence-corrected chi connectivity index (χ2v) is 8.94. The van der Waals surface area contributed by atoms with Gasteiger partial charge >= 0.3 is 0 Å². The Kier molecular flexibility index (Phi) is 4.53. The van der Waals surface area contributed by atoms with Crippen LogP contribution in [0.2, 0.25) is 19.1 Å². The highest BCUT2D eigenvalue weighted by atomic mass is 35.5. The van der Waals surface area contributed by atoms with E-state index < -0.39 is 8.07 Å². The first-order valence-corrected chi connectivity index (χ1v) is 7.12. The predicted octanol–water partition coefficient (Wildman–Crippen LogP) is 2.12. The number of ether oxygens (including phenoxy) is 1. The molecule has 0 fully saturated rings. The standard InChI is InChI=1S/C6H15ClOSi/c1-8-4-5-9(2,3)6-7/h4-6H2,1-3H3. The van der Waals surface area contributed by atoms with Crippen molar-refractivity contribution in [1.82, 2.24) is 0 Å². The second kappa shape index (κ2) is 4.31. The van der Waals surface area contributed by atoms with Crippen molar-refractivity contribution in [2.45, 2.75) is 19.1 Å². The molecule has 0 radical (unpaired) electrons. The van der Waals surface area contributed by atoms with Gasteiger partial charge in [-0.1, -0.05) is 13.1 Å². The molecule has 0 saturated heterocycles. The predicted molar refractivity (Wildman–Crippen MR) is 44.9 cm³/mol. The van der Waals surface area contributed by atoms with E-state index in [9.17, 15) is 0 Å². The molecule has 3 heteroatoms. The average Bonchev–Trinajstić information content (AvgIpc) is 1.84. The number of methoxy groups -OCH3 is 1. The third-order valence-electron chi connectivity index (χ3n) is 1.34. The Morgan fingerprint density at radius 1 is 1.44 bits per heavy atom. The van der Waals surface area contributed by atoms with Gasteiger partial charge in [0.2, 0.25) is 0 Å². The lowest BCUT2D eigenvalue weighted by atomic mass is 10.9. The molecule has 0 heterocycles. The summed E-state index contributed by atoms with van der Waals surface area (Å²) < 4.78 is 4.96. The zero-order valence-electron chi connectivity index (χ0n) is 6.41. The summed E-state index contributed by atoms with van der Waals surface area (Å²) in [5.41, 5.74) is 0.844. The molecule has 56 valence electrons. The largest absolute Gasteiger partial charge is 0.385 e. The zero-order valence-corrected chi connectivity index (χ0v) is 8.16. The smallest absolute Gasteiger partial charge is 0.0662 e. The fraction of sp³-hybridized carbons (Fsp3) is 1.00. The van der Waals surface area contributed by atoms with Crippen molar-refractivity contribution in [3.05, 3.63) is 0 Å². The van der Waals surface area contributed by atoms with Crippen LogP contribution in [0, 0.1) is 0 Å². The SMILES string of the molecule is COCC[Si](C)(C)CCl. The zero-order chi connectivity index (χ0) is 7.33. The van der Waals surface area contributed by atoms with E-state index in [0.717, 1.165) is 12.1 Å². The summed E-state index contributed by atoms with van der Waals surface area (Å²) in [4.78, 5) is 0. The Balaban J connectivity index is 3.33. The van der Waals surface area contributed by atoms with Crippen LogP contribution in [0.3, 0.4) is 0 Å². The van der Waals surface area contributed by atoms with Gasteiger partial charge < -0.3 is 4.74 Å². The highest BCUT2D eigenvalue weighted by molar-refractivity contribution is 6.83. The average molecular weight is 167 g/mol. The highest BCUT2D eigenvalue weighted by Crippen LogP contribution is 2.10. The molecule has 0 atom stereocenters. The van der Waals surface area contributed by atoms with Gasteiger partial charge in [-0.15, -0.1) is 11.6 Å². The third-order valence-corrected chi connectivity index (χ3v) is 5.80. The Morgan fingerprint density at radius 2 is 2.00 bits per heavy atom. The van der Waals surface area contributed by atoms with E-state index in [-0.39, 0.29) is 0 Å². The molecule has 0 aromatic heterocycles. The topological polar surface area (TPSA) is 9.23 Å². The molecule has 9 heavy (non-hydrogen) atoms. The van der Waals surface area contributed by atoms with Crippen molar-refractivity contribution in [1.29, 1.82) is 0 Å². The van der Waals surface area contributed by atoms with E-state index in [2.05, 4.69) is 13.1 Å². The second-order valence-electron chi connectivity index (χ2n) is 3.04. The molecular formula is C6H15ClOSi. The van der Waals surface area contributed by atoms with Crippen molar-refractivity contribution in [3.63, 3.8) is 0 Å². The van der Waals surface area contributed by atoms with Gasteiger partial charge in [-0.2, -0.15) is 0 Å². The molecule has 0 N–H and O–H groups in total. The van der Waals surface area contributed by atoms with Crippen LogP contribution in [0.5, 0.6) is 0 Å². The Hall–Kier alpha value is 0.467.